The van der Waals surface area contributed by atoms with Crippen molar-refractivity contribution in [2.75, 3.05) is 63.7 Å². The summed E-state index contributed by atoms with van der Waals surface area (Å²) in [5.74, 6) is -0.156. The lowest BCUT2D eigenvalue weighted by atomic mass is 9.99. The molecule has 2 amide bonds. The zero-order valence-corrected chi connectivity index (χ0v) is 25.1. The Morgan fingerprint density at radius 1 is 1.02 bits per heavy atom. The van der Waals surface area contributed by atoms with E-state index in [2.05, 4.69) is 34.5 Å². The number of nitrogens with zero attached hydrogens (tertiary/aromatic N) is 3. The van der Waals surface area contributed by atoms with Crippen molar-refractivity contribution in [1.82, 2.24) is 9.80 Å². The second kappa shape index (κ2) is 14.5. The lowest BCUT2D eigenvalue weighted by Gasteiger charge is -2.36. The molecule has 0 aromatic heterocycles. The minimum Gasteiger partial charge on any atom is -0.379 e. The summed E-state index contributed by atoms with van der Waals surface area (Å²) in [5, 5.41) is 3.33. The summed E-state index contributed by atoms with van der Waals surface area (Å²) >= 11 is 7.29. The van der Waals surface area contributed by atoms with Gasteiger partial charge in [-0.25, -0.2) is 0 Å². The van der Waals surface area contributed by atoms with Crippen molar-refractivity contribution in [2.45, 2.75) is 17.9 Å². The normalized spacial score (nSPS) is 14.2. The summed E-state index contributed by atoms with van der Waals surface area (Å²) in [4.78, 5) is 42.8. The summed E-state index contributed by atoms with van der Waals surface area (Å²) in [6.07, 6.45) is 0. The first-order valence-electron chi connectivity index (χ1n) is 13.4. The van der Waals surface area contributed by atoms with Crippen LogP contribution in [0.15, 0.2) is 71.6 Å². The van der Waals surface area contributed by atoms with Crippen LogP contribution in [0.3, 0.4) is 0 Å². The zero-order valence-electron chi connectivity index (χ0n) is 23.5. The maximum atomic E-state index is 13.6. The van der Waals surface area contributed by atoms with Crippen LogP contribution in [0.4, 0.5) is 11.4 Å². The van der Waals surface area contributed by atoms with Gasteiger partial charge in [-0.3, -0.25) is 19.3 Å². The number of carbonyl (C=O) groups excluding carboxylic acids is 3. The highest BCUT2D eigenvalue weighted by Crippen LogP contribution is 2.32. The van der Waals surface area contributed by atoms with Gasteiger partial charge in [0.15, 0.2) is 5.62 Å². The van der Waals surface area contributed by atoms with Gasteiger partial charge in [-0.1, -0.05) is 59.8 Å². The lowest BCUT2D eigenvalue weighted by molar-refractivity contribution is -0.131. The number of likely N-dealkylation sites (N-methyl/N-ethyl adjacent to an activating group) is 2. The van der Waals surface area contributed by atoms with Gasteiger partial charge in [0.2, 0.25) is 11.8 Å². The fourth-order valence-electron chi connectivity index (χ4n) is 4.84. The van der Waals surface area contributed by atoms with Crippen LogP contribution in [-0.4, -0.2) is 80.7 Å². The second-order valence-electron chi connectivity index (χ2n) is 10.00. The van der Waals surface area contributed by atoms with Crippen molar-refractivity contribution in [3.05, 3.63) is 77.3 Å². The van der Waals surface area contributed by atoms with E-state index in [9.17, 15) is 14.4 Å². The van der Waals surface area contributed by atoms with Crippen LogP contribution in [0.1, 0.15) is 18.5 Å². The van der Waals surface area contributed by atoms with Crippen LogP contribution in [0.5, 0.6) is 0 Å². The molecule has 3 aromatic rings. The Hall–Kier alpha value is -3.37. The summed E-state index contributed by atoms with van der Waals surface area (Å²) in [7, 11) is 3.67. The van der Waals surface area contributed by atoms with E-state index < -0.39 is 0 Å². The summed E-state index contributed by atoms with van der Waals surface area (Å²) in [6, 6.07) is 21.1. The van der Waals surface area contributed by atoms with Crippen molar-refractivity contribution in [1.29, 1.82) is 0 Å². The molecule has 1 fully saturated rings. The highest BCUT2D eigenvalue weighted by atomic mass is 35.5. The zero-order chi connectivity index (χ0) is 29.4. The molecule has 0 aliphatic carbocycles. The Bertz CT molecular complexity index is 1350. The molecule has 3 aromatic carbocycles. The van der Waals surface area contributed by atoms with Gasteiger partial charge in [-0.05, 0) is 47.0 Å². The molecule has 4 rings (SSSR count). The fraction of sp³-hybridized carbons (Fsp3) is 0.323. The van der Waals surface area contributed by atoms with Gasteiger partial charge < -0.3 is 19.9 Å². The number of rotatable bonds is 11. The first kappa shape index (κ1) is 30.6. The Kier molecular flexibility index (Phi) is 10.8. The quantitative estimate of drug-likeness (QED) is 0.241. The molecule has 1 saturated heterocycles. The number of ether oxygens (including phenoxy) is 1. The van der Waals surface area contributed by atoms with Gasteiger partial charge in [0.25, 0.3) is 0 Å². The highest BCUT2D eigenvalue weighted by Gasteiger charge is 2.26. The van der Waals surface area contributed by atoms with E-state index in [1.807, 2.05) is 43.3 Å². The number of hydrogen-bond donors (Lipinski definition) is 1. The molecule has 0 radical (unpaired) electrons. The average Bonchev–Trinajstić information content (AvgIpc) is 2.97. The van der Waals surface area contributed by atoms with Crippen LogP contribution < -0.4 is 10.2 Å². The number of hydrogen-bond acceptors (Lipinski definition) is 7. The molecule has 1 heterocycles. The fourth-order valence-corrected chi connectivity index (χ4v) is 5.59. The smallest absolute Gasteiger partial charge is 0.242 e. The van der Waals surface area contributed by atoms with Crippen molar-refractivity contribution in [3.8, 4) is 11.1 Å². The lowest BCUT2D eigenvalue weighted by Crippen LogP contribution is -2.45. The predicted molar refractivity (Wildman–Crippen MR) is 166 cm³/mol. The molecule has 216 valence electrons. The van der Waals surface area contributed by atoms with Gasteiger partial charge >= 0.3 is 0 Å². The Balaban J connectivity index is 1.54. The maximum Gasteiger partial charge on any atom is 0.242 e. The number of carbonyl (C=O) groups is 3. The summed E-state index contributed by atoms with van der Waals surface area (Å²) < 4.78 is 5.54. The molecular weight excluding hydrogens is 560 g/mol. The number of anilines is 2. The van der Waals surface area contributed by atoms with Crippen LogP contribution in [-0.2, 0) is 19.1 Å². The standard InChI is InChI=1S/C31H35ClN4O4S/c1-22(38)33-27-11-8-24(9-12-27)23-4-6-25(7-5-23)29(19-36-14-16-40-17-15-36)35(3)31(39)20-34(2)28-18-26(32)10-13-30(28)41-21-37/h4-13,18,21,29H,14-17,19-20H2,1-3H3,(H,33,38). The molecule has 0 spiro atoms. The third-order valence-electron chi connectivity index (χ3n) is 7.11. The Morgan fingerprint density at radius 2 is 1.66 bits per heavy atom. The molecule has 8 nitrogen and oxygen atoms in total. The number of amides is 2. The first-order valence-corrected chi connectivity index (χ1v) is 14.7. The minimum atomic E-state index is -0.173. The molecule has 0 saturated carbocycles. The molecular formula is C31H35ClN4O4S. The third kappa shape index (κ3) is 8.33. The SMILES string of the molecule is CC(=O)Nc1ccc(-c2ccc(C(CN3CCOCC3)N(C)C(=O)CN(C)c3cc(Cl)ccc3SC=O)cc2)cc1. The molecule has 1 aliphatic rings. The van der Waals surface area contributed by atoms with Crippen molar-refractivity contribution in [2.24, 2.45) is 0 Å². The van der Waals surface area contributed by atoms with E-state index in [0.29, 0.717) is 24.8 Å². The predicted octanol–water partition coefficient (Wildman–Crippen LogP) is 5.22. The van der Waals surface area contributed by atoms with E-state index in [-0.39, 0.29) is 24.4 Å². The average molecular weight is 595 g/mol. The largest absolute Gasteiger partial charge is 0.379 e. The monoisotopic (exact) mass is 594 g/mol. The second-order valence-corrected chi connectivity index (χ2v) is 11.3. The number of thioether (sulfide) groups is 1. The molecule has 1 N–H and O–H groups in total. The minimum absolute atomic E-state index is 0.0505. The molecule has 41 heavy (non-hydrogen) atoms. The summed E-state index contributed by atoms with van der Waals surface area (Å²) in [6.45, 7) is 5.27. The number of nitrogens with one attached hydrogen (secondary N) is 1. The number of halogens is 1. The van der Waals surface area contributed by atoms with E-state index in [1.54, 1.807) is 23.1 Å². The molecule has 0 bridgehead atoms. The Morgan fingerprint density at radius 3 is 2.27 bits per heavy atom. The summed E-state index contributed by atoms with van der Waals surface area (Å²) in [5.41, 5.74) is 5.37. The van der Waals surface area contributed by atoms with Crippen LogP contribution in [0, 0.1) is 0 Å². The van der Waals surface area contributed by atoms with Gasteiger partial charge in [0, 0.05) is 56.3 Å². The molecule has 1 atom stereocenters. The van der Waals surface area contributed by atoms with E-state index in [1.165, 1.54) is 6.92 Å². The van der Waals surface area contributed by atoms with Crippen molar-refractivity contribution < 1.29 is 19.1 Å². The van der Waals surface area contributed by atoms with Crippen molar-refractivity contribution >= 4 is 52.2 Å². The van der Waals surface area contributed by atoms with E-state index in [0.717, 1.165) is 63.4 Å². The van der Waals surface area contributed by atoms with Gasteiger partial charge in [0.1, 0.15) is 0 Å². The Labute approximate surface area is 250 Å². The van der Waals surface area contributed by atoms with Crippen molar-refractivity contribution in [3.63, 3.8) is 0 Å². The van der Waals surface area contributed by atoms with Gasteiger partial charge in [-0.2, -0.15) is 0 Å². The first-order chi connectivity index (χ1) is 19.7. The maximum absolute atomic E-state index is 13.6. The van der Waals surface area contributed by atoms with Gasteiger partial charge in [-0.15, -0.1) is 0 Å². The molecule has 1 aliphatic heterocycles. The molecule has 10 heteroatoms. The highest BCUT2D eigenvalue weighted by molar-refractivity contribution is 8.12. The van der Waals surface area contributed by atoms with E-state index >= 15 is 0 Å². The van der Waals surface area contributed by atoms with E-state index in [4.69, 9.17) is 16.3 Å². The van der Waals surface area contributed by atoms with Crippen LogP contribution in [0.25, 0.3) is 11.1 Å². The molecule has 1 unspecified atom stereocenters. The number of benzene rings is 3. The van der Waals surface area contributed by atoms with Crippen LogP contribution in [0.2, 0.25) is 5.02 Å². The number of morpholine rings is 1. The topological polar surface area (TPSA) is 82.2 Å². The van der Waals surface area contributed by atoms with Crippen LogP contribution >= 0.6 is 23.4 Å². The third-order valence-corrected chi connectivity index (χ3v) is 8.04. The van der Waals surface area contributed by atoms with Gasteiger partial charge in [0.05, 0.1) is 31.5 Å².